The van der Waals surface area contributed by atoms with E-state index >= 15 is 0 Å². The third kappa shape index (κ3) is 4.12. The zero-order chi connectivity index (χ0) is 17.8. The molecule has 2 aromatic heterocycles. The smallest absolute Gasteiger partial charge is 0.348 e. The summed E-state index contributed by atoms with van der Waals surface area (Å²) in [4.78, 5) is 29.0. The van der Waals surface area contributed by atoms with Crippen molar-refractivity contribution < 1.29 is 14.3 Å². The molecule has 0 aliphatic heterocycles. The SMILES string of the molecule is COC(=O)c1ccc(C(=O)NCc2ccc(-c3csc(C)n3)cc2)s1. The minimum Gasteiger partial charge on any atom is -0.465 e. The zero-order valence-electron chi connectivity index (χ0n) is 13.7. The molecule has 0 saturated heterocycles. The Kier molecular flexibility index (Phi) is 5.25. The number of methoxy groups -OCH3 is 1. The Morgan fingerprint density at radius 3 is 2.48 bits per heavy atom. The van der Waals surface area contributed by atoms with Crippen LogP contribution in [0.2, 0.25) is 0 Å². The largest absolute Gasteiger partial charge is 0.465 e. The average Bonchev–Trinajstić information content (AvgIpc) is 3.29. The van der Waals surface area contributed by atoms with Gasteiger partial charge in [-0.2, -0.15) is 0 Å². The lowest BCUT2D eigenvalue weighted by Crippen LogP contribution is -2.21. The van der Waals surface area contributed by atoms with Crippen LogP contribution >= 0.6 is 22.7 Å². The number of amides is 1. The Bertz CT molecular complexity index is 897. The number of carbonyl (C=O) groups excluding carboxylic acids is 2. The van der Waals surface area contributed by atoms with Gasteiger partial charge in [0.05, 0.1) is 22.7 Å². The molecular weight excluding hydrogens is 356 g/mol. The van der Waals surface area contributed by atoms with Gasteiger partial charge in [-0.15, -0.1) is 22.7 Å². The van der Waals surface area contributed by atoms with Crippen molar-refractivity contribution in [2.75, 3.05) is 7.11 Å². The van der Waals surface area contributed by atoms with Crippen LogP contribution in [-0.4, -0.2) is 24.0 Å². The molecule has 2 heterocycles. The van der Waals surface area contributed by atoms with Crippen LogP contribution in [-0.2, 0) is 11.3 Å². The number of aromatic nitrogens is 1. The van der Waals surface area contributed by atoms with Gasteiger partial charge in [0.15, 0.2) is 0 Å². The molecule has 0 atom stereocenters. The minimum absolute atomic E-state index is 0.209. The molecule has 0 unspecified atom stereocenters. The molecule has 0 fully saturated rings. The van der Waals surface area contributed by atoms with Crippen LogP contribution in [0.25, 0.3) is 11.3 Å². The van der Waals surface area contributed by atoms with Crippen molar-refractivity contribution in [3.05, 3.63) is 62.1 Å². The van der Waals surface area contributed by atoms with Crippen LogP contribution in [0, 0.1) is 6.92 Å². The van der Waals surface area contributed by atoms with Gasteiger partial charge in [0.1, 0.15) is 4.88 Å². The molecule has 0 bridgehead atoms. The van der Waals surface area contributed by atoms with Crippen LogP contribution in [0.15, 0.2) is 41.8 Å². The molecule has 7 heteroatoms. The molecular formula is C18H16N2O3S2. The second kappa shape index (κ2) is 7.58. The Labute approximate surface area is 153 Å². The summed E-state index contributed by atoms with van der Waals surface area (Å²) >= 11 is 2.74. The number of ether oxygens (including phenoxy) is 1. The van der Waals surface area contributed by atoms with E-state index in [1.807, 2.05) is 36.6 Å². The van der Waals surface area contributed by atoms with Crippen LogP contribution in [0.3, 0.4) is 0 Å². The van der Waals surface area contributed by atoms with E-state index < -0.39 is 5.97 Å². The van der Waals surface area contributed by atoms with E-state index in [1.54, 1.807) is 23.5 Å². The molecule has 0 spiro atoms. The lowest BCUT2D eigenvalue weighted by Gasteiger charge is -2.05. The predicted molar refractivity (Wildman–Crippen MR) is 99.1 cm³/mol. The number of nitrogens with zero attached hydrogens (tertiary/aromatic N) is 1. The standard InChI is InChI=1S/C18H16N2O3S2/c1-11-20-14(10-24-11)13-5-3-12(4-6-13)9-19-17(21)15-7-8-16(25-15)18(22)23-2/h3-8,10H,9H2,1-2H3,(H,19,21). The number of esters is 1. The number of thiophene rings is 1. The summed E-state index contributed by atoms with van der Waals surface area (Å²) in [5.74, 6) is -0.642. The Balaban J connectivity index is 1.60. The van der Waals surface area contributed by atoms with Gasteiger partial charge in [-0.05, 0) is 24.6 Å². The summed E-state index contributed by atoms with van der Waals surface area (Å²) in [6, 6.07) is 11.2. The molecule has 0 saturated carbocycles. The molecule has 0 radical (unpaired) electrons. The highest BCUT2D eigenvalue weighted by Gasteiger charge is 2.13. The predicted octanol–water partition coefficient (Wildman–Crippen LogP) is 3.90. The van der Waals surface area contributed by atoms with Crippen molar-refractivity contribution in [1.82, 2.24) is 10.3 Å². The lowest BCUT2D eigenvalue weighted by molar-refractivity contribution is 0.0606. The summed E-state index contributed by atoms with van der Waals surface area (Å²) in [7, 11) is 1.32. The first kappa shape index (κ1) is 17.3. The van der Waals surface area contributed by atoms with Gasteiger partial charge in [0.25, 0.3) is 5.91 Å². The van der Waals surface area contributed by atoms with Crippen LogP contribution in [0.1, 0.15) is 29.9 Å². The number of thiazole rings is 1. The molecule has 1 aromatic carbocycles. The number of hydrogen-bond acceptors (Lipinski definition) is 6. The van der Waals surface area contributed by atoms with E-state index in [1.165, 1.54) is 7.11 Å². The molecule has 5 nitrogen and oxygen atoms in total. The maximum absolute atomic E-state index is 12.2. The van der Waals surface area contributed by atoms with Crippen molar-refractivity contribution in [3.8, 4) is 11.3 Å². The van der Waals surface area contributed by atoms with E-state index in [-0.39, 0.29) is 5.91 Å². The topological polar surface area (TPSA) is 68.3 Å². The quantitative estimate of drug-likeness (QED) is 0.690. The maximum Gasteiger partial charge on any atom is 0.348 e. The normalized spacial score (nSPS) is 10.5. The zero-order valence-corrected chi connectivity index (χ0v) is 15.4. The summed E-state index contributed by atoms with van der Waals surface area (Å²) in [6.45, 7) is 2.40. The van der Waals surface area contributed by atoms with Gasteiger partial charge in [-0.25, -0.2) is 9.78 Å². The van der Waals surface area contributed by atoms with Gasteiger partial charge >= 0.3 is 5.97 Å². The molecule has 0 aliphatic carbocycles. The Morgan fingerprint density at radius 2 is 1.84 bits per heavy atom. The summed E-state index contributed by atoms with van der Waals surface area (Å²) < 4.78 is 4.64. The van der Waals surface area contributed by atoms with E-state index in [2.05, 4.69) is 15.0 Å². The maximum atomic E-state index is 12.2. The highest BCUT2D eigenvalue weighted by molar-refractivity contribution is 7.15. The van der Waals surface area contributed by atoms with Crippen LogP contribution in [0.4, 0.5) is 0 Å². The fourth-order valence-corrected chi connectivity index (χ4v) is 3.69. The highest BCUT2D eigenvalue weighted by atomic mass is 32.1. The van der Waals surface area contributed by atoms with Crippen molar-refractivity contribution in [1.29, 1.82) is 0 Å². The average molecular weight is 372 g/mol. The molecule has 3 aromatic rings. The van der Waals surface area contributed by atoms with Crippen molar-refractivity contribution >= 4 is 34.6 Å². The number of rotatable bonds is 5. The second-order valence-electron chi connectivity index (χ2n) is 5.29. The minimum atomic E-state index is -0.433. The highest BCUT2D eigenvalue weighted by Crippen LogP contribution is 2.22. The van der Waals surface area contributed by atoms with E-state index in [9.17, 15) is 9.59 Å². The molecule has 1 N–H and O–H groups in total. The first-order valence-corrected chi connectivity index (χ1v) is 9.24. The fourth-order valence-electron chi connectivity index (χ4n) is 2.23. The summed E-state index contributed by atoms with van der Waals surface area (Å²) in [5.41, 5.74) is 3.02. The molecule has 1 amide bonds. The number of benzene rings is 1. The first-order valence-electron chi connectivity index (χ1n) is 7.54. The van der Waals surface area contributed by atoms with Gasteiger partial charge in [-0.3, -0.25) is 4.79 Å². The monoisotopic (exact) mass is 372 g/mol. The fraction of sp³-hybridized carbons (Fsp3) is 0.167. The third-order valence-corrected chi connectivity index (χ3v) is 5.38. The molecule has 128 valence electrons. The second-order valence-corrected chi connectivity index (χ2v) is 7.43. The number of hydrogen-bond donors (Lipinski definition) is 1. The molecule has 0 aliphatic rings. The van der Waals surface area contributed by atoms with Crippen molar-refractivity contribution in [2.45, 2.75) is 13.5 Å². The summed E-state index contributed by atoms with van der Waals surface area (Å²) in [5, 5.41) is 5.92. The number of aryl methyl sites for hydroxylation is 1. The summed E-state index contributed by atoms with van der Waals surface area (Å²) in [6.07, 6.45) is 0. The first-order chi connectivity index (χ1) is 12.1. The lowest BCUT2D eigenvalue weighted by atomic mass is 10.1. The van der Waals surface area contributed by atoms with Crippen molar-refractivity contribution in [2.24, 2.45) is 0 Å². The number of carbonyl (C=O) groups is 2. The van der Waals surface area contributed by atoms with E-state index in [4.69, 9.17) is 0 Å². The van der Waals surface area contributed by atoms with Crippen LogP contribution < -0.4 is 5.32 Å². The third-order valence-electron chi connectivity index (χ3n) is 3.54. The number of nitrogens with one attached hydrogen (secondary N) is 1. The van der Waals surface area contributed by atoms with E-state index in [0.717, 1.165) is 33.2 Å². The Hall–Kier alpha value is -2.51. The van der Waals surface area contributed by atoms with Gasteiger partial charge in [0, 0.05) is 17.5 Å². The van der Waals surface area contributed by atoms with Gasteiger partial charge in [0.2, 0.25) is 0 Å². The van der Waals surface area contributed by atoms with Crippen LogP contribution in [0.5, 0.6) is 0 Å². The van der Waals surface area contributed by atoms with Gasteiger partial charge < -0.3 is 10.1 Å². The van der Waals surface area contributed by atoms with E-state index in [0.29, 0.717) is 16.3 Å². The van der Waals surface area contributed by atoms with Gasteiger partial charge in [-0.1, -0.05) is 24.3 Å². The Morgan fingerprint density at radius 1 is 1.12 bits per heavy atom. The molecule has 3 rings (SSSR count). The molecule has 25 heavy (non-hydrogen) atoms. The van der Waals surface area contributed by atoms with Crippen molar-refractivity contribution in [3.63, 3.8) is 0 Å².